The third-order valence-corrected chi connectivity index (χ3v) is 4.09. The first-order valence-electron chi connectivity index (χ1n) is 4.88. The van der Waals surface area contributed by atoms with Crippen LogP contribution in [0.1, 0.15) is 0 Å². The third kappa shape index (κ3) is 3.84. The number of hydrogen-bond acceptors (Lipinski definition) is 4. The zero-order valence-electron chi connectivity index (χ0n) is 9.13. The van der Waals surface area contributed by atoms with Crippen molar-refractivity contribution in [2.45, 2.75) is 11.3 Å². The zero-order chi connectivity index (χ0) is 13.8. The standard InChI is InChI=1S/C9H11ClF2N2O3S/c10-8-5-7(1-2-13-8)18(16,17)14(3-4-15)6-9(11)12/h1-2,5,9,15H,3-4,6H2. The van der Waals surface area contributed by atoms with Crippen LogP contribution in [-0.4, -0.2) is 48.9 Å². The number of halogens is 3. The van der Waals surface area contributed by atoms with Crippen molar-refractivity contribution in [3.63, 3.8) is 0 Å². The van der Waals surface area contributed by atoms with Crippen molar-refractivity contribution in [1.29, 1.82) is 0 Å². The van der Waals surface area contributed by atoms with Gasteiger partial charge in [0.2, 0.25) is 10.0 Å². The number of alkyl halides is 2. The number of aliphatic hydroxyl groups excluding tert-OH is 1. The Kier molecular flexibility index (Phi) is 5.39. The van der Waals surface area contributed by atoms with Gasteiger partial charge in [-0.15, -0.1) is 0 Å². The molecule has 0 amide bonds. The normalized spacial score (nSPS) is 12.3. The summed E-state index contributed by atoms with van der Waals surface area (Å²) in [4.78, 5) is 3.37. The van der Waals surface area contributed by atoms with E-state index >= 15 is 0 Å². The van der Waals surface area contributed by atoms with Crippen LogP contribution >= 0.6 is 11.6 Å². The van der Waals surface area contributed by atoms with Gasteiger partial charge in [-0.3, -0.25) is 0 Å². The average molecular weight is 301 g/mol. The van der Waals surface area contributed by atoms with Gasteiger partial charge in [-0.1, -0.05) is 11.6 Å². The van der Waals surface area contributed by atoms with Crippen LogP contribution in [0.4, 0.5) is 8.78 Å². The van der Waals surface area contributed by atoms with Crippen LogP contribution in [0.2, 0.25) is 5.15 Å². The molecule has 0 aromatic carbocycles. The molecular weight excluding hydrogens is 290 g/mol. The summed E-state index contributed by atoms with van der Waals surface area (Å²) in [6.45, 7) is -1.94. The Morgan fingerprint density at radius 1 is 1.50 bits per heavy atom. The van der Waals surface area contributed by atoms with Gasteiger partial charge in [0.1, 0.15) is 5.15 Å². The Labute approximate surface area is 108 Å². The lowest BCUT2D eigenvalue weighted by Crippen LogP contribution is -2.37. The van der Waals surface area contributed by atoms with E-state index in [0.717, 1.165) is 18.3 Å². The molecule has 0 bridgehead atoms. The maximum absolute atomic E-state index is 12.3. The molecule has 0 atom stereocenters. The molecule has 0 saturated heterocycles. The van der Waals surface area contributed by atoms with Gasteiger partial charge in [-0.2, -0.15) is 4.31 Å². The monoisotopic (exact) mass is 300 g/mol. The molecule has 102 valence electrons. The van der Waals surface area contributed by atoms with Crippen LogP contribution in [0.25, 0.3) is 0 Å². The smallest absolute Gasteiger partial charge is 0.252 e. The highest BCUT2D eigenvalue weighted by atomic mass is 35.5. The van der Waals surface area contributed by atoms with E-state index < -0.39 is 36.1 Å². The van der Waals surface area contributed by atoms with Gasteiger partial charge in [0.15, 0.2) is 0 Å². The minimum Gasteiger partial charge on any atom is -0.395 e. The molecule has 18 heavy (non-hydrogen) atoms. The first-order valence-corrected chi connectivity index (χ1v) is 6.70. The first kappa shape index (κ1) is 15.2. The van der Waals surface area contributed by atoms with Gasteiger partial charge in [-0.25, -0.2) is 22.2 Å². The minimum atomic E-state index is -4.11. The number of aliphatic hydroxyl groups is 1. The van der Waals surface area contributed by atoms with E-state index in [1.165, 1.54) is 0 Å². The van der Waals surface area contributed by atoms with E-state index in [0.29, 0.717) is 4.31 Å². The third-order valence-electron chi connectivity index (χ3n) is 2.03. The zero-order valence-corrected chi connectivity index (χ0v) is 10.7. The average Bonchev–Trinajstić information content (AvgIpc) is 2.28. The molecule has 0 spiro atoms. The Bertz CT molecular complexity index is 498. The number of sulfonamides is 1. The largest absolute Gasteiger partial charge is 0.395 e. The number of nitrogens with zero attached hydrogens (tertiary/aromatic N) is 2. The molecule has 0 aliphatic carbocycles. The predicted octanol–water partition coefficient (Wildman–Crippen LogP) is 0.983. The fourth-order valence-corrected chi connectivity index (χ4v) is 2.93. The maximum Gasteiger partial charge on any atom is 0.252 e. The lowest BCUT2D eigenvalue weighted by molar-refractivity contribution is 0.113. The van der Waals surface area contributed by atoms with E-state index in [-0.39, 0.29) is 10.0 Å². The first-order chi connectivity index (χ1) is 8.37. The lowest BCUT2D eigenvalue weighted by atomic mass is 10.5. The van der Waals surface area contributed by atoms with E-state index in [1.54, 1.807) is 0 Å². The van der Waals surface area contributed by atoms with Crippen LogP contribution < -0.4 is 0 Å². The van der Waals surface area contributed by atoms with E-state index in [4.69, 9.17) is 16.7 Å². The summed E-state index contributed by atoms with van der Waals surface area (Å²) in [5.41, 5.74) is 0. The number of aromatic nitrogens is 1. The van der Waals surface area contributed by atoms with Crippen molar-refractivity contribution in [2.75, 3.05) is 19.7 Å². The second-order valence-corrected chi connectivity index (χ2v) is 5.62. The molecule has 0 radical (unpaired) electrons. The molecule has 0 aliphatic heterocycles. The minimum absolute atomic E-state index is 0.0583. The van der Waals surface area contributed by atoms with Crippen LogP contribution in [0, 0.1) is 0 Å². The van der Waals surface area contributed by atoms with Crippen molar-refractivity contribution in [3.05, 3.63) is 23.5 Å². The number of pyridine rings is 1. The van der Waals surface area contributed by atoms with Gasteiger partial charge < -0.3 is 5.11 Å². The van der Waals surface area contributed by atoms with Gasteiger partial charge >= 0.3 is 0 Å². The van der Waals surface area contributed by atoms with Gasteiger partial charge in [0.25, 0.3) is 6.43 Å². The predicted molar refractivity (Wildman–Crippen MR) is 61.1 cm³/mol. The SMILES string of the molecule is O=S(=O)(c1ccnc(Cl)c1)N(CCO)CC(F)F. The lowest BCUT2D eigenvalue weighted by Gasteiger charge is -2.20. The second kappa shape index (κ2) is 6.37. The quantitative estimate of drug-likeness (QED) is 0.795. The van der Waals surface area contributed by atoms with Crippen molar-refractivity contribution in [1.82, 2.24) is 9.29 Å². The summed E-state index contributed by atoms with van der Waals surface area (Å²) >= 11 is 5.55. The van der Waals surface area contributed by atoms with Crippen molar-refractivity contribution in [3.8, 4) is 0 Å². The van der Waals surface area contributed by atoms with Crippen LogP contribution in [-0.2, 0) is 10.0 Å². The topological polar surface area (TPSA) is 70.5 Å². The molecular formula is C9H11ClF2N2O3S. The molecule has 1 aromatic heterocycles. The van der Waals surface area contributed by atoms with Crippen LogP contribution in [0.3, 0.4) is 0 Å². The fourth-order valence-electron chi connectivity index (χ4n) is 1.27. The Morgan fingerprint density at radius 3 is 2.67 bits per heavy atom. The van der Waals surface area contributed by atoms with E-state index in [9.17, 15) is 17.2 Å². The fraction of sp³-hybridized carbons (Fsp3) is 0.444. The van der Waals surface area contributed by atoms with Crippen molar-refractivity contribution >= 4 is 21.6 Å². The Balaban J connectivity index is 3.08. The highest BCUT2D eigenvalue weighted by molar-refractivity contribution is 7.89. The Morgan fingerprint density at radius 2 is 2.17 bits per heavy atom. The number of hydrogen-bond donors (Lipinski definition) is 1. The van der Waals surface area contributed by atoms with Gasteiger partial charge in [0, 0.05) is 12.7 Å². The molecule has 0 aliphatic rings. The Hall–Kier alpha value is -0.830. The molecule has 0 saturated carbocycles. The van der Waals surface area contributed by atoms with Crippen molar-refractivity contribution < 1.29 is 22.3 Å². The molecule has 0 fully saturated rings. The highest BCUT2D eigenvalue weighted by Gasteiger charge is 2.27. The molecule has 1 heterocycles. The summed E-state index contributed by atoms with van der Waals surface area (Å²) in [5.74, 6) is 0. The van der Waals surface area contributed by atoms with Crippen molar-refractivity contribution in [2.24, 2.45) is 0 Å². The highest BCUT2D eigenvalue weighted by Crippen LogP contribution is 2.18. The summed E-state index contributed by atoms with van der Waals surface area (Å²) in [5, 5.41) is 8.67. The van der Waals surface area contributed by atoms with Crippen LogP contribution in [0.15, 0.2) is 23.2 Å². The summed E-state index contributed by atoms with van der Waals surface area (Å²) in [6, 6.07) is 2.21. The molecule has 1 N–H and O–H groups in total. The van der Waals surface area contributed by atoms with Gasteiger partial charge in [-0.05, 0) is 12.1 Å². The molecule has 1 aromatic rings. The molecule has 0 unspecified atom stereocenters. The molecule has 1 rings (SSSR count). The van der Waals surface area contributed by atoms with E-state index in [2.05, 4.69) is 4.98 Å². The molecule has 9 heteroatoms. The second-order valence-electron chi connectivity index (χ2n) is 3.29. The summed E-state index contributed by atoms with van der Waals surface area (Å²) in [7, 11) is -4.11. The maximum atomic E-state index is 12.3. The molecule has 5 nitrogen and oxygen atoms in total. The van der Waals surface area contributed by atoms with Crippen LogP contribution in [0.5, 0.6) is 0 Å². The number of rotatable bonds is 6. The summed E-state index contributed by atoms with van der Waals surface area (Å²) in [6.07, 6.45) is -1.67. The van der Waals surface area contributed by atoms with E-state index in [1.807, 2.05) is 0 Å². The van der Waals surface area contributed by atoms with Gasteiger partial charge in [0.05, 0.1) is 18.0 Å². The summed E-state index contributed by atoms with van der Waals surface area (Å²) < 4.78 is 49.1.